The predicted molar refractivity (Wildman–Crippen MR) is 70.7 cm³/mol. The monoisotopic (exact) mass is 266 g/mol. The van der Waals surface area contributed by atoms with Crippen LogP contribution in [0.25, 0.3) is 0 Å². The second-order valence-electron chi connectivity index (χ2n) is 3.99. The molecule has 2 N–H and O–H groups in total. The number of unbranched alkanes of at least 4 members (excludes halogenated alkanes) is 1. The summed E-state index contributed by atoms with van der Waals surface area (Å²) in [4.78, 5) is 0. The van der Waals surface area contributed by atoms with Crippen LogP contribution in [0.2, 0.25) is 0 Å². The van der Waals surface area contributed by atoms with Gasteiger partial charge in [-0.1, -0.05) is 13.3 Å². The molecule has 0 aromatic rings. The van der Waals surface area contributed by atoms with Gasteiger partial charge < -0.3 is 10.1 Å². The molecule has 0 aliphatic heterocycles. The van der Waals surface area contributed by atoms with Crippen molar-refractivity contribution < 1.29 is 13.2 Å². The van der Waals surface area contributed by atoms with Gasteiger partial charge in [-0.2, -0.15) is 0 Å². The third-order valence-electron chi connectivity index (χ3n) is 2.27. The standard InChI is InChI=1S/C11H26N2O3S/c1-3-4-9-16-10-5-8-13-17(14,15)11-6-7-12-2/h12-13H,3-11H2,1-2H3. The van der Waals surface area contributed by atoms with E-state index in [2.05, 4.69) is 17.0 Å². The van der Waals surface area contributed by atoms with Crippen LogP contribution < -0.4 is 10.0 Å². The molecule has 0 amide bonds. The molecule has 0 heterocycles. The van der Waals surface area contributed by atoms with Crippen molar-refractivity contribution in [2.24, 2.45) is 0 Å². The number of ether oxygens (including phenoxy) is 1. The van der Waals surface area contributed by atoms with E-state index in [9.17, 15) is 8.42 Å². The third kappa shape index (κ3) is 12.1. The zero-order valence-electron chi connectivity index (χ0n) is 11.0. The van der Waals surface area contributed by atoms with E-state index in [-0.39, 0.29) is 5.75 Å². The molecule has 0 fully saturated rings. The van der Waals surface area contributed by atoms with Gasteiger partial charge >= 0.3 is 0 Å². The van der Waals surface area contributed by atoms with Crippen LogP contribution in [-0.4, -0.2) is 47.5 Å². The number of rotatable bonds is 12. The summed E-state index contributed by atoms with van der Waals surface area (Å²) in [5, 5.41) is 2.92. The first-order valence-corrected chi connectivity index (χ1v) is 7.97. The van der Waals surface area contributed by atoms with Crippen LogP contribution in [0.4, 0.5) is 0 Å². The highest BCUT2D eigenvalue weighted by Gasteiger charge is 2.07. The van der Waals surface area contributed by atoms with E-state index in [1.54, 1.807) is 0 Å². The highest BCUT2D eigenvalue weighted by molar-refractivity contribution is 7.89. The van der Waals surface area contributed by atoms with Crippen LogP contribution in [-0.2, 0) is 14.8 Å². The minimum absolute atomic E-state index is 0.185. The molecule has 0 unspecified atom stereocenters. The molecule has 104 valence electrons. The van der Waals surface area contributed by atoms with Crippen molar-refractivity contribution in [1.29, 1.82) is 0 Å². The van der Waals surface area contributed by atoms with Crippen molar-refractivity contribution in [2.45, 2.75) is 32.6 Å². The lowest BCUT2D eigenvalue weighted by atomic mass is 10.4. The van der Waals surface area contributed by atoms with E-state index in [0.717, 1.165) is 32.4 Å². The molecule has 0 aliphatic carbocycles. The lowest BCUT2D eigenvalue weighted by Crippen LogP contribution is -2.29. The number of sulfonamides is 1. The van der Waals surface area contributed by atoms with E-state index >= 15 is 0 Å². The Balaban J connectivity index is 3.39. The maximum absolute atomic E-state index is 11.5. The molecule has 0 rings (SSSR count). The molecule has 0 saturated heterocycles. The SMILES string of the molecule is CCCCOCCCNS(=O)(=O)CCCNC. The summed E-state index contributed by atoms with van der Waals surface area (Å²) in [5.74, 6) is 0.185. The number of hydrogen-bond acceptors (Lipinski definition) is 4. The summed E-state index contributed by atoms with van der Waals surface area (Å²) in [7, 11) is -1.28. The molecule has 0 aromatic heterocycles. The van der Waals surface area contributed by atoms with E-state index in [4.69, 9.17) is 4.74 Å². The van der Waals surface area contributed by atoms with Gasteiger partial charge in [-0.05, 0) is 32.9 Å². The Morgan fingerprint density at radius 1 is 1.06 bits per heavy atom. The highest BCUT2D eigenvalue weighted by atomic mass is 32.2. The van der Waals surface area contributed by atoms with Crippen LogP contribution >= 0.6 is 0 Å². The lowest BCUT2D eigenvalue weighted by Gasteiger charge is -2.07. The highest BCUT2D eigenvalue weighted by Crippen LogP contribution is 1.92. The van der Waals surface area contributed by atoms with E-state index in [1.807, 2.05) is 7.05 Å². The van der Waals surface area contributed by atoms with Gasteiger partial charge in [0.1, 0.15) is 0 Å². The van der Waals surface area contributed by atoms with Crippen LogP contribution in [0.15, 0.2) is 0 Å². The molecular weight excluding hydrogens is 240 g/mol. The summed E-state index contributed by atoms with van der Waals surface area (Å²) < 4.78 is 30.8. The Morgan fingerprint density at radius 2 is 1.76 bits per heavy atom. The van der Waals surface area contributed by atoms with Crippen molar-refractivity contribution in [3.8, 4) is 0 Å². The minimum Gasteiger partial charge on any atom is -0.381 e. The molecule has 6 heteroatoms. The summed E-state index contributed by atoms with van der Waals surface area (Å²) >= 11 is 0. The predicted octanol–water partition coefficient (Wildman–Crippen LogP) is 0.722. The average Bonchev–Trinajstić information content (AvgIpc) is 2.28. The third-order valence-corrected chi connectivity index (χ3v) is 3.74. The van der Waals surface area contributed by atoms with E-state index in [1.165, 1.54) is 0 Å². The van der Waals surface area contributed by atoms with E-state index in [0.29, 0.717) is 19.6 Å². The first-order valence-electron chi connectivity index (χ1n) is 6.32. The van der Waals surface area contributed by atoms with Gasteiger partial charge in [0.25, 0.3) is 0 Å². The Kier molecular flexibility index (Phi) is 10.8. The Bertz CT molecular complexity index is 255. The van der Waals surface area contributed by atoms with Crippen molar-refractivity contribution in [2.75, 3.05) is 39.1 Å². The quantitative estimate of drug-likeness (QED) is 0.511. The number of nitrogens with one attached hydrogen (secondary N) is 2. The molecule has 0 saturated carbocycles. The average molecular weight is 266 g/mol. The second-order valence-corrected chi connectivity index (χ2v) is 5.92. The fourth-order valence-corrected chi connectivity index (χ4v) is 2.39. The molecule has 0 radical (unpaired) electrons. The summed E-state index contributed by atoms with van der Waals surface area (Å²) in [6.45, 7) is 4.70. The maximum Gasteiger partial charge on any atom is 0.211 e. The topological polar surface area (TPSA) is 67.4 Å². The van der Waals surface area contributed by atoms with Gasteiger partial charge in [0.2, 0.25) is 10.0 Å². The molecule has 0 atom stereocenters. The van der Waals surface area contributed by atoms with Crippen LogP contribution in [0.3, 0.4) is 0 Å². The number of hydrogen-bond donors (Lipinski definition) is 2. The first kappa shape index (κ1) is 16.8. The Morgan fingerprint density at radius 3 is 2.41 bits per heavy atom. The van der Waals surface area contributed by atoms with Crippen LogP contribution in [0.1, 0.15) is 32.6 Å². The van der Waals surface area contributed by atoms with Crippen molar-refractivity contribution in [3.63, 3.8) is 0 Å². The fraction of sp³-hybridized carbons (Fsp3) is 1.00. The minimum atomic E-state index is -3.10. The van der Waals surface area contributed by atoms with Gasteiger partial charge in [-0.15, -0.1) is 0 Å². The van der Waals surface area contributed by atoms with Gasteiger partial charge in [0, 0.05) is 19.8 Å². The van der Waals surface area contributed by atoms with Gasteiger partial charge in [-0.25, -0.2) is 13.1 Å². The molecule has 5 nitrogen and oxygen atoms in total. The molecule has 0 spiro atoms. The molecular formula is C11H26N2O3S. The van der Waals surface area contributed by atoms with Crippen molar-refractivity contribution in [1.82, 2.24) is 10.0 Å². The lowest BCUT2D eigenvalue weighted by molar-refractivity contribution is 0.130. The molecule has 0 aliphatic rings. The van der Waals surface area contributed by atoms with E-state index < -0.39 is 10.0 Å². The molecule has 0 bridgehead atoms. The van der Waals surface area contributed by atoms with Crippen molar-refractivity contribution in [3.05, 3.63) is 0 Å². The zero-order valence-corrected chi connectivity index (χ0v) is 11.8. The summed E-state index contributed by atoms with van der Waals surface area (Å²) in [6.07, 6.45) is 3.56. The fourth-order valence-electron chi connectivity index (χ4n) is 1.26. The van der Waals surface area contributed by atoms with Crippen LogP contribution in [0.5, 0.6) is 0 Å². The largest absolute Gasteiger partial charge is 0.381 e. The normalized spacial score (nSPS) is 11.9. The summed E-state index contributed by atoms with van der Waals surface area (Å²) in [5.41, 5.74) is 0. The molecule has 0 aromatic carbocycles. The smallest absolute Gasteiger partial charge is 0.211 e. The van der Waals surface area contributed by atoms with Crippen LogP contribution in [0, 0.1) is 0 Å². The molecule has 17 heavy (non-hydrogen) atoms. The van der Waals surface area contributed by atoms with Gasteiger partial charge in [0.05, 0.1) is 5.75 Å². The second kappa shape index (κ2) is 11.0. The Labute approximate surface area is 105 Å². The maximum atomic E-state index is 11.5. The summed E-state index contributed by atoms with van der Waals surface area (Å²) in [6, 6.07) is 0. The van der Waals surface area contributed by atoms with Crippen molar-refractivity contribution >= 4 is 10.0 Å². The zero-order chi connectivity index (χ0) is 13.0. The first-order chi connectivity index (χ1) is 8.12. The Hall–Kier alpha value is -0.170. The van der Waals surface area contributed by atoms with Gasteiger partial charge in [-0.3, -0.25) is 0 Å². The van der Waals surface area contributed by atoms with Gasteiger partial charge in [0.15, 0.2) is 0 Å².